The van der Waals surface area contributed by atoms with Gasteiger partial charge in [0.15, 0.2) is 6.61 Å². The minimum absolute atomic E-state index is 0.139. The van der Waals surface area contributed by atoms with Crippen molar-refractivity contribution in [3.63, 3.8) is 0 Å². The van der Waals surface area contributed by atoms with Crippen LogP contribution in [0.5, 0.6) is 5.75 Å². The number of esters is 1. The molecule has 1 atom stereocenters. The first-order valence-electron chi connectivity index (χ1n) is 9.40. The van der Waals surface area contributed by atoms with Crippen LogP contribution in [0.3, 0.4) is 0 Å². The smallest absolute Gasteiger partial charge is 0.338 e. The fourth-order valence-electron chi connectivity index (χ4n) is 2.92. The number of nitrogens with one attached hydrogen (secondary N) is 1. The molecule has 1 fully saturated rings. The third-order valence-electron chi connectivity index (χ3n) is 4.55. The van der Waals surface area contributed by atoms with Crippen LogP contribution in [0.25, 0.3) is 0 Å². The molecule has 6 heteroatoms. The third kappa shape index (κ3) is 5.57. The molecular weight excluding hydrogens is 358 g/mol. The molecule has 1 amide bonds. The zero-order valence-electron chi connectivity index (χ0n) is 16.2. The van der Waals surface area contributed by atoms with Gasteiger partial charge in [-0.25, -0.2) is 4.79 Å². The van der Waals surface area contributed by atoms with Gasteiger partial charge in [0, 0.05) is 12.3 Å². The van der Waals surface area contributed by atoms with Crippen LogP contribution < -0.4 is 10.1 Å². The van der Waals surface area contributed by atoms with Gasteiger partial charge in [0.05, 0.1) is 11.7 Å². The molecule has 1 aliphatic rings. The second-order valence-corrected chi connectivity index (χ2v) is 6.91. The number of amides is 1. The molecule has 2 aromatic carbocycles. The highest BCUT2D eigenvalue weighted by Gasteiger charge is 2.16. The number of carbonyl (C=O) groups excluding carboxylic acids is 2. The molecule has 2 aromatic rings. The van der Waals surface area contributed by atoms with Crippen molar-refractivity contribution in [3.8, 4) is 5.75 Å². The average molecular weight is 383 g/mol. The molecule has 1 N–H and O–H groups in total. The molecule has 6 nitrogen and oxygen atoms in total. The van der Waals surface area contributed by atoms with E-state index in [0.717, 1.165) is 30.6 Å². The van der Waals surface area contributed by atoms with Gasteiger partial charge in [-0.2, -0.15) is 0 Å². The summed E-state index contributed by atoms with van der Waals surface area (Å²) in [7, 11) is 0. The molecule has 0 aliphatic carbocycles. The van der Waals surface area contributed by atoms with Gasteiger partial charge in [-0.1, -0.05) is 12.1 Å². The number of hydrogen-bond acceptors (Lipinski definition) is 5. The van der Waals surface area contributed by atoms with Crippen molar-refractivity contribution in [1.29, 1.82) is 0 Å². The van der Waals surface area contributed by atoms with E-state index in [-0.39, 0.29) is 18.6 Å². The summed E-state index contributed by atoms with van der Waals surface area (Å²) in [5.74, 6) is -0.264. The van der Waals surface area contributed by atoms with Crippen molar-refractivity contribution < 1.29 is 23.8 Å². The van der Waals surface area contributed by atoms with E-state index >= 15 is 0 Å². The first-order chi connectivity index (χ1) is 13.5. The van der Waals surface area contributed by atoms with E-state index in [2.05, 4.69) is 5.32 Å². The Bertz CT molecular complexity index is 825. The van der Waals surface area contributed by atoms with Gasteiger partial charge in [0.25, 0.3) is 5.91 Å². The fraction of sp³-hybridized carbons (Fsp3) is 0.364. The number of carbonyl (C=O) groups is 2. The van der Waals surface area contributed by atoms with Crippen LogP contribution in [0.2, 0.25) is 0 Å². The average Bonchev–Trinajstić information content (AvgIpc) is 3.21. The Morgan fingerprint density at radius 3 is 2.64 bits per heavy atom. The molecule has 3 rings (SSSR count). The number of ether oxygens (including phenoxy) is 3. The van der Waals surface area contributed by atoms with Gasteiger partial charge in [-0.05, 0) is 68.1 Å². The van der Waals surface area contributed by atoms with Crippen molar-refractivity contribution in [2.75, 3.05) is 25.1 Å². The molecule has 0 unspecified atom stereocenters. The summed E-state index contributed by atoms with van der Waals surface area (Å²) >= 11 is 0. The summed E-state index contributed by atoms with van der Waals surface area (Å²) in [6, 6.07) is 12.4. The Hall–Kier alpha value is -2.86. The highest BCUT2D eigenvalue weighted by molar-refractivity contribution is 5.96. The first-order valence-corrected chi connectivity index (χ1v) is 9.40. The van der Waals surface area contributed by atoms with E-state index in [1.807, 2.05) is 32.0 Å². The van der Waals surface area contributed by atoms with E-state index in [9.17, 15) is 9.59 Å². The monoisotopic (exact) mass is 383 g/mol. The molecule has 1 heterocycles. The third-order valence-corrected chi connectivity index (χ3v) is 4.55. The normalized spacial score (nSPS) is 15.9. The second-order valence-electron chi connectivity index (χ2n) is 6.91. The number of aryl methyl sites for hydroxylation is 2. The molecule has 0 bridgehead atoms. The topological polar surface area (TPSA) is 73.9 Å². The number of benzene rings is 2. The Kier molecular flexibility index (Phi) is 6.66. The molecule has 0 aromatic heterocycles. The van der Waals surface area contributed by atoms with E-state index in [4.69, 9.17) is 14.2 Å². The van der Waals surface area contributed by atoms with Gasteiger partial charge >= 0.3 is 5.97 Å². The van der Waals surface area contributed by atoms with E-state index in [1.54, 1.807) is 24.3 Å². The lowest BCUT2D eigenvalue weighted by Gasteiger charge is -2.12. The van der Waals surface area contributed by atoms with Crippen molar-refractivity contribution >= 4 is 17.6 Å². The molecule has 0 radical (unpaired) electrons. The quantitative estimate of drug-likeness (QED) is 0.739. The van der Waals surface area contributed by atoms with Gasteiger partial charge in [-0.15, -0.1) is 0 Å². The van der Waals surface area contributed by atoms with Crippen LogP contribution in [0, 0.1) is 13.8 Å². The number of rotatable bonds is 7. The van der Waals surface area contributed by atoms with Crippen molar-refractivity contribution in [3.05, 3.63) is 59.2 Å². The summed E-state index contributed by atoms with van der Waals surface area (Å²) in [6.45, 7) is 4.80. The summed E-state index contributed by atoms with van der Waals surface area (Å²) < 4.78 is 16.3. The predicted molar refractivity (Wildman–Crippen MR) is 106 cm³/mol. The fourth-order valence-corrected chi connectivity index (χ4v) is 2.92. The van der Waals surface area contributed by atoms with Crippen LogP contribution >= 0.6 is 0 Å². The summed E-state index contributed by atoms with van der Waals surface area (Å²) in [6.07, 6.45) is 2.21. The zero-order valence-corrected chi connectivity index (χ0v) is 16.2. The lowest BCUT2D eigenvalue weighted by molar-refractivity contribution is -0.119. The minimum Gasteiger partial charge on any atom is -0.491 e. The van der Waals surface area contributed by atoms with Crippen molar-refractivity contribution in [1.82, 2.24) is 0 Å². The lowest BCUT2D eigenvalue weighted by Crippen LogP contribution is -2.21. The Morgan fingerprint density at radius 2 is 1.93 bits per heavy atom. The first kappa shape index (κ1) is 19.9. The molecular formula is C22H25NO5. The standard InChI is InChI=1S/C22H25NO5/c1-15-5-6-16(2)20(12-15)23-21(24)14-28-22(25)17-7-9-18(10-8-17)27-13-19-4-3-11-26-19/h5-10,12,19H,3-4,11,13-14H2,1-2H3,(H,23,24)/t19-/m1/s1. The van der Waals surface area contributed by atoms with Crippen molar-refractivity contribution in [2.24, 2.45) is 0 Å². The Morgan fingerprint density at radius 1 is 1.14 bits per heavy atom. The highest BCUT2D eigenvalue weighted by atomic mass is 16.5. The lowest BCUT2D eigenvalue weighted by atomic mass is 10.1. The van der Waals surface area contributed by atoms with Gasteiger partial charge in [-0.3, -0.25) is 4.79 Å². The van der Waals surface area contributed by atoms with E-state index in [0.29, 0.717) is 23.6 Å². The summed E-state index contributed by atoms with van der Waals surface area (Å²) in [4.78, 5) is 24.2. The van der Waals surface area contributed by atoms with Crippen LogP contribution in [0.1, 0.15) is 34.3 Å². The minimum atomic E-state index is -0.554. The van der Waals surface area contributed by atoms with Gasteiger partial charge in [0.1, 0.15) is 12.4 Å². The zero-order chi connectivity index (χ0) is 19.9. The van der Waals surface area contributed by atoms with Gasteiger partial charge in [0.2, 0.25) is 0 Å². The molecule has 1 saturated heterocycles. The SMILES string of the molecule is Cc1ccc(C)c(NC(=O)COC(=O)c2ccc(OC[C@H]3CCCO3)cc2)c1. The maximum Gasteiger partial charge on any atom is 0.338 e. The van der Waals surface area contributed by atoms with Crippen LogP contribution in [0.4, 0.5) is 5.69 Å². The van der Waals surface area contributed by atoms with Crippen LogP contribution in [-0.4, -0.2) is 37.8 Å². The van der Waals surface area contributed by atoms with E-state index < -0.39 is 5.97 Å². The number of anilines is 1. The van der Waals surface area contributed by atoms with Gasteiger partial charge < -0.3 is 19.5 Å². The van der Waals surface area contributed by atoms with Crippen LogP contribution in [0.15, 0.2) is 42.5 Å². The molecule has 1 aliphatic heterocycles. The maximum atomic E-state index is 12.1. The number of hydrogen-bond donors (Lipinski definition) is 1. The largest absolute Gasteiger partial charge is 0.491 e. The second kappa shape index (κ2) is 9.37. The highest BCUT2D eigenvalue weighted by Crippen LogP contribution is 2.18. The van der Waals surface area contributed by atoms with E-state index in [1.165, 1.54) is 0 Å². The Labute approximate surface area is 164 Å². The molecule has 0 saturated carbocycles. The van der Waals surface area contributed by atoms with Crippen molar-refractivity contribution in [2.45, 2.75) is 32.8 Å². The molecule has 28 heavy (non-hydrogen) atoms. The summed E-state index contributed by atoms with van der Waals surface area (Å²) in [5, 5.41) is 2.76. The summed E-state index contributed by atoms with van der Waals surface area (Å²) in [5.41, 5.74) is 3.07. The molecule has 0 spiro atoms. The van der Waals surface area contributed by atoms with Crippen LogP contribution in [-0.2, 0) is 14.3 Å². The molecule has 148 valence electrons. The Balaban J connectivity index is 1.46. The maximum absolute atomic E-state index is 12.1. The predicted octanol–water partition coefficient (Wildman–Crippen LogP) is 3.66.